The summed E-state index contributed by atoms with van der Waals surface area (Å²) in [4.78, 5) is 22.0. The smallest absolute Gasteiger partial charge is 0.266 e. The fourth-order valence-corrected chi connectivity index (χ4v) is 4.35. The van der Waals surface area contributed by atoms with E-state index in [1.807, 2.05) is 66.0 Å². The number of aromatic nitrogens is 1. The number of hydrogen-bond acceptors (Lipinski definition) is 6. The molecule has 1 saturated heterocycles. The first-order valence-electron chi connectivity index (χ1n) is 10.6. The van der Waals surface area contributed by atoms with Crippen molar-refractivity contribution < 1.29 is 14.3 Å². The third-order valence-corrected chi connectivity index (χ3v) is 6.02. The van der Waals surface area contributed by atoms with Gasteiger partial charge in [-0.1, -0.05) is 48.5 Å². The topological polar surface area (TPSA) is 54.9 Å². The Morgan fingerprint density at radius 2 is 1.75 bits per heavy atom. The summed E-state index contributed by atoms with van der Waals surface area (Å²) in [5.74, 6) is 0.605. The first-order chi connectivity index (χ1) is 15.3. The van der Waals surface area contributed by atoms with E-state index >= 15 is 0 Å². The van der Waals surface area contributed by atoms with Gasteiger partial charge in [0.25, 0.3) is 5.91 Å². The Labute approximate surface area is 199 Å². The summed E-state index contributed by atoms with van der Waals surface area (Å²) in [6.45, 7) is 4.98. The molecule has 6 nitrogen and oxygen atoms in total. The molecule has 1 fully saturated rings. The molecule has 0 spiro atoms. The minimum atomic E-state index is -0.0835. The van der Waals surface area contributed by atoms with Crippen molar-refractivity contribution in [3.05, 3.63) is 66.0 Å². The zero-order valence-corrected chi connectivity index (χ0v) is 19.5. The van der Waals surface area contributed by atoms with Crippen molar-refractivity contribution in [1.82, 2.24) is 9.88 Å². The first kappa shape index (κ1) is 24.2. The molecule has 1 amide bonds. The molecule has 0 saturated carbocycles. The van der Waals surface area contributed by atoms with Gasteiger partial charge in [-0.05, 0) is 18.6 Å². The normalized spacial score (nSPS) is 13.9. The van der Waals surface area contributed by atoms with Gasteiger partial charge in [-0.25, -0.2) is 4.98 Å². The molecule has 4 rings (SSSR count). The van der Waals surface area contributed by atoms with Crippen molar-refractivity contribution >= 4 is 34.8 Å². The van der Waals surface area contributed by atoms with Gasteiger partial charge in [0.15, 0.2) is 11.7 Å². The number of hydrogen-bond donors (Lipinski definition) is 0. The van der Waals surface area contributed by atoms with Gasteiger partial charge in [-0.15, -0.1) is 23.7 Å². The first-order valence-corrected chi connectivity index (χ1v) is 11.5. The third kappa shape index (κ3) is 6.77. The van der Waals surface area contributed by atoms with Crippen LogP contribution in [-0.2, 0) is 9.53 Å². The van der Waals surface area contributed by atoms with Gasteiger partial charge in [-0.3, -0.25) is 14.6 Å². The molecule has 1 aromatic heterocycles. The number of carbonyl (C=O) groups is 1. The number of anilines is 1. The molecular formula is C24H28ClN3O3S. The number of halogens is 1. The van der Waals surface area contributed by atoms with E-state index in [1.54, 1.807) is 4.90 Å². The highest BCUT2D eigenvalue weighted by Crippen LogP contribution is 2.28. The van der Waals surface area contributed by atoms with Crippen LogP contribution in [0.4, 0.5) is 5.13 Å². The van der Waals surface area contributed by atoms with Crippen LogP contribution >= 0.6 is 23.7 Å². The van der Waals surface area contributed by atoms with Crippen LogP contribution in [0, 0.1) is 0 Å². The lowest BCUT2D eigenvalue weighted by Crippen LogP contribution is -2.40. The molecule has 2 heterocycles. The Morgan fingerprint density at radius 3 is 2.47 bits per heavy atom. The molecule has 32 heavy (non-hydrogen) atoms. The minimum Gasteiger partial charge on any atom is -0.484 e. The maximum Gasteiger partial charge on any atom is 0.266 e. The van der Waals surface area contributed by atoms with Gasteiger partial charge < -0.3 is 9.47 Å². The van der Waals surface area contributed by atoms with Gasteiger partial charge >= 0.3 is 0 Å². The van der Waals surface area contributed by atoms with Crippen LogP contribution in [0.1, 0.15) is 6.42 Å². The SMILES string of the molecule is Cl.O=C(COc1ccccc1)N(CCCN1CCOCC1)c1nc(-c2ccccc2)cs1. The van der Waals surface area contributed by atoms with Gasteiger partial charge in [0, 0.05) is 37.1 Å². The Hall–Kier alpha value is -2.45. The number of carbonyl (C=O) groups excluding carboxylic acids is 1. The number of nitrogens with zero attached hydrogens (tertiary/aromatic N) is 3. The highest BCUT2D eigenvalue weighted by Gasteiger charge is 2.21. The van der Waals surface area contributed by atoms with Gasteiger partial charge in [-0.2, -0.15) is 0 Å². The number of rotatable bonds is 9. The van der Waals surface area contributed by atoms with E-state index in [9.17, 15) is 4.79 Å². The van der Waals surface area contributed by atoms with E-state index in [1.165, 1.54) is 11.3 Å². The molecule has 1 aliphatic rings. The van der Waals surface area contributed by atoms with Crippen LogP contribution in [0.5, 0.6) is 5.75 Å². The van der Waals surface area contributed by atoms with Crippen molar-refractivity contribution in [2.75, 3.05) is 50.9 Å². The van der Waals surface area contributed by atoms with Gasteiger partial charge in [0.05, 0.1) is 18.9 Å². The Kier molecular flexibility index (Phi) is 9.49. The highest BCUT2D eigenvalue weighted by molar-refractivity contribution is 7.14. The van der Waals surface area contributed by atoms with Crippen molar-refractivity contribution in [3.63, 3.8) is 0 Å². The summed E-state index contributed by atoms with van der Waals surface area (Å²) >= 11 is 1.49. The summed E-state index contributed by atoms with van der Waals surface area (Å²) in [6, 6.07) is 19.5. The van der Waals surface area contributed by atoms with Crippen LogP contribution < -0.4 is 9.64 Å². The zero-order valence-electron chi connectivity index (χ0n) is 17.9. The molecule has 2 aromatic carbocycles. The van der Waals surface area contributed by atoms with Crippen LogP contribution in [0.2, 0.25) is 0 Å². The molecular weight excluding hydrogens is 446 g/mol. The monoisotopic (exact) mass is 473 g/mol. The second kappa shape index (κ2) is 12.6. The minimum absolute atomic E-state index is 0. The number of benzene rings is 2. The van der Waals surface area contributed by atoms with E-state index in [0.717, 1.165) is 50.5 Å². The molecule has 170 valence electrons. The number of para-hydroxylation sites is 1. The lowest BCUT2D eigenvalue weighted by atomic mass is 10.2. The Balaban J connectivity index is 0.00000289. The summed E-state index contributed by atoms with van der Waals surface area (Å²) in [5, 5.41) is 2.72. The fraction of sp³-hybridized carbons (Fsp3) is 0.333. The molecule has 0 aliphatic carbocycles. The molecule has 0 atom stereocenters. The average molecular weight is 474 g/mol. The van der Waals surface area contributed by atoms with Crippen molar-refractivity contribution in [3.8, 4) is 17.0 Å². The molecule has 8 heteroatoms. The number of morpholine rings is 1. The molecule has 0 unspecified atom stereocenters. The summed E-state index contributed by atoms with van der Waals surface area (Å²) in [5.41, 5.74) is 1.93. The molecule has 3 aromatic rings. The van der Waals surface area contributed by atoms with Crippen LogP contribution in [0.25, 0.3) is 11.3 Å². The van der Waals surface area contributed by atoms with E-state index in [2.05, 4.69) is 4.90 Å². The lowest BCUT2D eigenvalue weighted by Gasteiger charge is -2.27. The number of amides is 1. The fourth-order valence-electron chi connectivity index (χ4n) is 3.47. The quantitative estimate of drug-likeness (QED) is 0.462. The molecule has 1 aliphatic heterocycles. The predicted molar refractivity (Wildman–Crippen MR) is 131 cm³/mol. The van der Waals surface area contributed by atoms with Gasteiger partial charge in [0.1, 0.15) is 5.75 Å². The maximum absolute atomic E-state index is 13.1. The average Bonchev–Trinajstić information content (AvgIpc) is 3.32. The largest absolute Gasteiger partial charge is 0.484 e. The Bertz CT molecular complexity index is 949. The van der Waals surface area contributed by atoms with Gasteiger partial charge in [0.2, 0.25) is 0 Å². The van der Waals surface area contributed by atoms with Crippen LogP contribution in [0.3, 0.4) is 0 Å². The zero-order chi connectivity index (χ0) is 21.3. The molecule has 0 radical (unpaired) electrons. The molecule has 0 N–H and O–H groups in total. The van der Waals surface area contributed by atoms with E-state index in [-0.39, 0.29) is 24.9 Å². The Morgan fingerprint density at radius 1 is 1.06 bits per heavy atom. The van der Waals surface area contributed by atoms with Crippen LogP contribution in [0.15, 0.2) is 66.0 Å². The second-order valence-electron chi connectivity index (χ2n) is 7.34. The van der Waals surface area contributed by atoms with E-state index in [0.29, 0.717) is 17.4 Å². The van der Waals surface area contributed by atoms with Crippen molar-refractivity contribution in [1.29, 1.82) is 0 Å². The van der Waals surface area contributed by atoms with Crippen LogP contribution in [-0.4, -0.2) is 61.8 Å². The van der Waals surface area contributed by atoms with Crippen molar-refractivity contribution in [2.24, 2.45) is 0 Å². The molecule has 0 bridgehead atoms. The third-order valence-electron chi connectivity index (χ3n) is 5.16. The maximum atomic E-state index is 13.1. The number of ether oxygens (including phenoxy) is 2. The van der Waals surface area contributed by atoms with E-state index in [4.69, 9.17) is 14.5 Å². The summed E-state index contributed by atoms with van der Waals surface area (Å²) in [6.07, 6.45) is 0.872. The second-order valence-corrected chi connectivity index (χ2v) is 8.17. The van der Waals surface area contributed by atoms with Crippen molar-refractivity contribution in [2.45, 2.75) is 6.42 Å². The number of thiazole rings is 1. The summed E-state index contributed by atoms with van der Waals surface area (Å²) in [7, 11) is 0. The predicted octanol–water partition coefficient (Wildman–Crippen LogP) is 4.37. The lowest BCUT2D eigenvalue weighted by molar-refractivity contribution is -0.120. The van der Waals surface area contributed by atoms with E-state index < -0.39 is 0 Å². The highest BCUT2D eigenvalue weighted by atomic mass is 35.5. The standard InChI is InChI=1S/C24H27N3O3S.ClH/c28-23(18-30-21-10-5-2-6-11-21)27(13-7-12-26-14-16-29-17-15-26)24-25-22(19-31-24)20-8-3-1-4-9-20;/h1-6,8-11,19H,7,12-18H2;1H. The summed E-state index contributed by atoms with van der Waals surface area (Å²) < 4.78 is 11.1.